The maximum Gasteiger partial charge on any atom is 0.261 e. The first kappa shape index (κ1) is 17.1. The summed E-state index contributed by atoms with van der Waals surface area (Å²) >= 11 is 0. The van der Waals surface area contributed by atoms with Crippen LogP contribution in [0.2, 0.25) is 0 Å². The number of carbonyl (C=O) groups is 1. The molecular weight excluding hydrogens is 292 g/mol. The van der Waals surface area contributed by atoms with E-state index in [0.717, 1.165) is 19.3 Å². The quantitative estimate of drug-likeness (QED) is 0.906. The van der Waals surface area contributed by atoms with E-state index >= 15 is 0 Å². The fraction of sp³-hybridized carbons (Fsp3) is 0.556. The number of benzene rings is 1. The molecule has 124 valence electrons. The smallest absolute Gasteiger partial charge is 0.261 e. The van der Waals surface area contributed by atoms with Crippen molar-refractivity contribution in [1.82, 2.24) is 5.32 Å². The van der Waals surface area contributed by atoms with E-state index < -0.39 is 6.10 Å². The summed E-state index contributed by atoms with van der Waals surface area (Å²) in [5.41, 5.74) is 0.488. The minimum Gasteiger partial charge on any atom is -0.493 e. The van der Waals surface area contributed by atoms with E-state index in [1.165, 1.54) is 13.5 Å². The summed E-state index contributed by atoms with van der Waals surface area (Å²) in [6.07, 6.45) is 3.96. The lowest BCUT2D eigenvalue weighted by Crippen LogP contribution is -2.46. The van der Waals surface area contributed by atoms with Crippen LogP contribution in [0, 0.1) is 17.2 Å². The van der Waals surface area contributed by atoms with Gasteiger partial charge < -0.3 is 14.8 Å². The van der Waals surface area contributed by atoms with Crippen molar-refractivity contribution in [3.05, 3.63) is 23.8 Å². The van der Waals surface area contributed by atoms with Gasteiger partial charge in [-0.15, -0.1) is 0 Å². The van der Waals surface area contributed by atoms with Crippen LogP contribution in [-0.4, -0.2) is 25.2 Å². The molecule has 0 heterocycles. The lowest BCUT2D eigenvalue weighted by molar-refractivity contribution is -0.128. The summed E-state index contributed by atoms with van der Waals surface area (Å²) in [5.74, 6) is 1.31. The summed E-state index contributed by atoms with van der Waals surface area (Å²) in [6, 6.07) is 7.18. The Labute approximate surface area is 137 Å². The highest BCUT2D eigenvalue weighted by Crippen LogP contribution is 2.29. The Morgan fingerprint density at radius 2 is 2.09 bits per heavy atom. The van der Waals surface area contributed by atoms with Gasteiger partial charge in [-0.05, 0) is 37.8 Å². The Morgan fingerprint density at radius 1 is 1.35 bits per heavy atom. The standard InChI is InChI=1S/C18H24N2O3/c1-12-6-4-5-7-15(12)20-18(21)13(2)23-16-9-8-14(11-19)10-17(16)22-3/h8-10,12-13,15H,4-7H2,1-3H3,(H,20,21)/t12-,13+,15-/m0/s1. The van der Waals surface area contributed by atoms with Gasteiger partial charge in [0.25, 0.3) is 5.91 Å². The van der Waals surface area contributed by atoms with Crippen molar-refractivity contribution in [2.75, 3.05) is 7.11 Å². The first-order chi connectivity index (χ1) is 11.0. The van der Waals surface area contributed by atoms with E-state index in [2.05, 4.69) is 12.2 Å². The van der Waals surface area contributed by atoms with Crippen LogP contribution in [0.5, 0.6) is 11.5 Å². The van der Waals surface area contributed by atoms with Crippen LogP contribution in [0.15, 0.2) is 18.2 Å². The van der Waals surface area contributed by atoms with Gasteiger partial charge in [0.2, 0.25) is 0 Å². The first-order valence-electron chi connectivity index (χ1n) is 8.10. The van der Waals surface area contributed by atoms with Gasteiger partial charge in [-0.2, -0.15) is 5.26 Å². The van der Waals surface area contributed by atoms with Crippen LogP contribution in [0.1, 0.15) is 45.1 Å². The maximum absolute atomic E-state index is 12.4. The van der Waals surface area contributed by atoms with Gasteiger partial charge in [-0.1, -0.05) is 19.8 Å². The molecule has 0 unspecified atom stereocenters. The molecule has 1 fully saturated rings. The number of nitriles is 1. The third kappa shape index (κ3) is 4.38. The monoisotopic (exact) mass is 316 g/mol. The zero-order chi connectivity index (χ0) is 16.8. The Hall–Kier alpha value is -2.22. The lowest BCUT2D eigenvalue weighted by atomic mass is 9.86. The molecule has 1 aromatic carbocycles. The molecule has 3 atom stereocenters. The van der Waals surface area contributed by atoms with E-state index in [-0.39, 0.29) is 11.9 Å². The summed E-state index contributed by atoms with van der Waals surface area (Å²) in [4.78, 5) is 12.4. The molecule has 1 amide bonds. The number of hydrogen-bond donors (Lipinski definition) is 1. The van der Waals surface area contributed by atoms with Crippen LogP contribution in [0.4, 0.5) is 0 Å². The van der Waals surface area contributed by atoms with E-state index in [0.29, 0.717) is 23.0 Å². The molecule has 5 heteroatoms. The van der Waals surface area contributed by atoms with Crippen LogP contribution >= 0.6 is 0 Å². The van der Waals surface area contributed by atoms with Crippen molar-refractivity contribution in [2.45, 2.75) is 51.7 Å². The molecule has 0 radical (unpaired) electrons. The van der Waals surface area contributed by atoms with Crippen molar-refractivity contribution in [1.29, 1.82) is 5.26 Å². The van der Waals surface area contributed by atoms with Crippen molar-refractivity contribution in [3.8, 4) is 17.6 Å². The van der Waals surface area contributed by atoms with Gasteiger partial charge in [0.1, 0.15) is 0 Å². The lowest BCUT2D eigenvalue weighted by Gasteiger charge is -2.30. The summed E-state index contributed by atoms with van der Waals surface area (Å²) < 4.78 is 11.0. The minimum absolute atomic E-state index is 0.116. The van der Waals surface area contributed by atoms with Crippen LogP contribution in [-0.2, 0) is 4.79 Å². The Bertz CT molecular complexity index is 594. The average Bonchev–Trinajstić information content (AvgIpc) is 2.57. The van der Waals surface area contributed by atoms with E-state index in [1.807, 2.05) is 6.07 Å². The summed E-state index contributed by atoms with van der Waals surface area (Å²) in [5, 5.41) is 12.0. The summed E-state index contributed by atoms with van der Waals surface area (Å²) in [6.45, 7) is 3.90. The highest BCUT2D eigenvalue weighted by molar-refractivity contribution is 5.81. The number of rotatable bonds is 5. The zero-order valence-corrected chi connectivity index (χ0v) is 14.0. The highest BCUT2D eigenvalue weighted by Gasteiger charge is 2.25. The van der Waals surface area contributed by atoms with E-state index in [1.54, 1.807) is 25.1 Å². The predicted molar refractivity (Wildman–Crippen MR) is 87.4 cm³/mol. The second-order valence-electron chi connectivity index (χ2n) is 6.11. The molecule has 0 saturated heterocycles. The Kier molecular flexibility index (Phi) is 5.86. The normalized spacial score (nSPS) is 21.8. The molecule has 1 aliphatic rings. The van der Waals surface area contributed by atoms with Crippen molar-refractivity contribution >= 4 is 5.91 Å². The number of nitrogens with one attached hydrogen (secondary N) is 1. The fourth-order valence-corrected chi connectivity index (χ4v) is 2.91. The number of amides is 1. The van der Waals surface area contributed by atoms with Crippen LogP contribution < -0.4 is 14.8 Å². The zero-order valence-electron chi connectivity index (χ0n) is 14.0. The molecular formula is C18H24N2O3. The van der Waals surface area contributed by atoms with Gasteiger partial charge in [-0.25, -0.2) is 0 Å². The minimum atomic E-state index is -0.619. The van der Waals surface area contributed by atoms with Gasteiger partial charge in [0, 0.05) is 12.1 Å². The fourth-order valence-electron chi connectivity index (χ4n) is 2.91. The molecule has 1 N–H and O–H groups in total. The molecule has 0 bridgehead atoms. The first-order valence-corrected chi connectivity index (χ1v) is 8.10. The molecule has 5 nitrogen and oxygen atoms in total. The van der Waals surface area contributed by atoms with Gasteiger partial charge >= 0.3 is 0 Å². The molecule has 0 spiro atoms. The van der Waals surface area contributed by atoms with Gasteiger partial charge in [0.15, 0.2) is 17.6 Å². The van der Waals surface area contributed by atoms with Gasteiger partial charge in [-0.3, -0.25) is 4.79 Å². The second-order valence-corrected chi connectivity index (χ2v) is 6.11. The number of carbonyl (C=O) groups excluding carboxylic acids is 1. The number of hydrogen-bond acceptors (Lipinski definition) is 4. The van der Waals surface area contributed by atoms with E-state index in [9.17, 15) is 4.79 Å². The summed E-state index contributed by atoms with van der Waals surface area (Å²) in [7, 11) is 1.51. The average molecular weight is 316 g/mol. The third-order valence-corrected chi connectivity index (χ3v) is 4.40. The van der Waals surface area contributed by atoms with Crippen molar-refractivity contribution in [3.63, 3.8) is 0 Å². The second kappa shape index (κ2) is 7.87. The molecule has 1 aromatic rings. The highest BCUT2D eigenvalue weighted by atomic mass is 16.5. The molecule has 1 aliphatic carbocycles. The molecule has 0 aliphatic heterocycles. The largest absolute Gasteiger partial charge is 0.493 e. The van der Waals surface area contributed by atoms with E-state index in [4.69, 9.17) is 14.7 Å². The topological polar surface area (TPSA) is 71.3 Å². The van der Waals surface area contributed by atoms with Crippen molar-refractivity contribution < 1.29 is 14.3 Å². The molecule has 23 heavy (non-hydrogen) atoms. The Balaban J connectivity index is 1.99. The SMILES string of the molecule is COc1cc(C#N)ccc1O[C@H](C)C(=O)N[C@H]1CCCC[C@@H]1C. The van der Waals surface area contributed by atoms with Crippen LogP contribution in [0.3, 0.4) is 0 Å². The molecule has 0 aromatic heterocycles. The number of methoxy groups -OCH3 is 1. The predicted octanol–water partition coefficient (Wildman–Crippen LogP) is 3.03. The maximum atomic E-state index is 12.4. The number of ether oxygens (including phenoxy) is 2. The Morgan fingerprint density at radius 3 is 2.74 bits per heavy atom. The van der Waals surface area contributed by atoms with Crippen LogP contribution in [0.25, 0.3) is 0 Å². The molecule has 2 rings (SSSR count). The molecule has 1 saturated carbocycles. The van der Waals surface area contributed by atoms with Gasteiger partial charge in [0.05, 0.1) is 18.7 Å². The third-order valence-electron chi connectivity index (χ3n) is 4.40. The number of nitrogens with zero attached hydrogens (tertiary/aromatic N) is 1. The van der Waals surface area contributed by atoms with Crippen molar-refractivity contribution in [2.24, 2.45) is 5.92 Å².